The number of carbonyl (C=O) groups is 3. The number of rotatable bonds is 4. The van der Waals surface area contributed by atoms with Gasteiger partial charge in [-0.25, -0.2) is 0 Å². The van der Waals surface area contributed by atoms with Crippen LogP contribution in [0.2, 0.25) is 25.1 Å². The number of fused-ring (bicyclic) bond motifs is 1. The zero-order valence-electron chi connectivity index (χ0n) is 18.0. The lowest BCUT2D eigenvalue weighted by molar-refractivity contribution is -0.130. The second-order valence-corrected chi connectivity index (χ2v) is 10.8. The predicted octanol–water partition coefficient (Wildman–Crippen LogP) is 7.48. The molecule has 0 bridgehead atoms. The Labute approximate surface area is 238 Å². The summed E-state index contributed by atoms with van der Waals surface area (Å²) in [6, 6.07) is 9.85. The van der Waals surface area contributed by atoms with E-state index in [1.807, 2.05) is 0 Å². The van der Waals surface area contributed by atoms with Crippen molar-refractivity contribution in [1.29, 1.82) is 0 Å². The molecule has 12 heteroatoms. The fraction of sp³-hybridized carbons (Fsp3) is 0.125. The van der Waals surface area contributed by atoms with E-state index in [0.29, 0.717) is 26.5 Å². The predicted molar refractivity (Wildman–Crippen MR) is 143 cm³/mol. The number of imide groups is 1. The van der Waals surface area contributed by atoms with Crippen molar-refractivity contribution >= 4 is 97.3 Å². The number of carbonyl (C=O) groups excluding carboxylic acids is 3. The summed E-state index contributed by atoms with van der Waals surface area (Å²) in [5.74, 6) is -1.64. The van der Waals surface area contributed by atoms with Crippen molar-refractivity contribution in [3.8, 4) is 5.75 Å². The number of halogens is 6. The Morgan fingerprint density at radius 2 is 1.31 bits per heavy atom. The van der Waals surface area contributed by atoms with Gasteiger partial charge in [-0.1, -0.05) is 73.9 Å². The molecule has 0 aromatic heterocycles. The van der Waals surface area contributed by atoms with Gasteiger partial charge in [0.05, 0.1) is 44.4 Å². The largest absolute Gasteiger partial charge is 0.496 e. The number of hydrogen-bond donors (Lipinski definition) is 0. The first kappa shape index (κ1) is 25.6. The van der Waals surface area contributed by atoms with Gasteiger partial charge in [-0.2, -0.15) is 0 Å². The summed E-state index contributed by atoms with van der Waals surface area (Å²) in [7, 11) is 1.49. The Morgan fingerprint density at radius 1 is 0.750 bits per heavy atom. The molecule has 0 spiro atoms. The third-order valence-electron chi connectivity index (χ3n) is 6.09. The molecule has 184 valence electrons. The van der Waals surface area contributed by atoms with E-state index >= 15 is 0 Å². The number of hydrogen-bond acceptors (Lipinski definition) is 4. The van der Waals surface area contributed by atoms with E-state index in [1.54, 1.807) is 42.5 Å². The highest BCUT2D eigenvalue weighted by molar-refractivity contribution is 9.10. The van der Waals surface area contributed by atoms with Crippen molar-refractivity contribution in [1.82, 2.24) is 4.90 Å². The highest BCUT2D eigenvalue weighted by Crippen LogP contribution is 2.50. The van der Waals surface area contributed by atoms with Gasteiger partial charge in [-0.15, -0.1) is 0 Å². The van der Waals surface area contributed by atoms with Gasteiger partial charge in [-0.3, -0.25) is 19.3 Å². The van der Waals surface area contributed by atoms with Crippen molar-refractivity contribution in [2.75, 3.05) is 12.0 Å². The average molecular weight is 650 g/mol. The molecule has 2 atom stereocenters. The van der Waals surface area contributed by atoms with Gasteiger partial charge in [0.1, 0.15) is 11.8 Å². The maximum Gasteiger partial charge on any atom is 0.264 e. The highest BCUT2D eigenvalue weighted by Gasteiger charge is 2.59. The van der Waals surface area contributed by atoms with Crippen molar-refractivity contribution in [2.24, 2.45) is 0 Å². The van der Waals surface area contributed by atoms with E-state index < -0.39 is 29.8 Å². The van der Waals surface area contributed by atoms with Crippen LogP contribution in [0.25, 0.3) is 0 Å². The third-order valence-corrected chi connectivity index (χ3v) is 8.64. The summed E-state index contributed by atoms with van der Waals surface area (Å²) >= 11 is 34.4. The van der Waals surface area contributed by atoms with E-state index in [4.69, 9.17) is 62.7 Å². The first-order chi connectivity index (χ1) is 17.1. The summed E-state index contributed by atoms with van der Waals surface area (Å²) < 4.78 is 6.25. The maximum absolute atomic E-state index is 13.6. The van der Waals surface area contributed by atoms with Crippen LogP contribution >= 0.6 is 73.9 Å². The van der Waals surface area contributed by atoms with Crippen LogP contribution in [-0.2, 0) is 4.79 Å². The second kappa shape index (κ2) is 9.39. The lowest BCUT2D eigenvalue weighted by atomic mass is 9.85. The van der Waals surface area contributed by atoms with Crippen molar-refractivity contribution in [3.63, 3.8) is 0 Å². The average Bonchev–Trinajstić information content (AvgIpc) is 3.11. The molecule has 2 heterocycles. The Bertz CT molecular complexity index is 1430. The highest BCUT2D eigenvalue weighted by atomic mass is 79.9. The van der Waals surface area contributed by atoms with Crippen LogP contribution in [0.4, 0.5) is 5.69 Å². The minimum absolute atomic E-state index is 0.155. The fourth-order valence-electron chi connectivity index (χ4n) is 4.48. The summed E-state index contributed by atoms with van der Waals surface area (Å²) in [6.45, 7) is 0. The van der Waals surface area contributed by atoms with Gasteiger partial charge in [0.25, 0.3) is 17.7 Å². The van der Waals surface area contributed by atoms with Crippen LogP contribution in [0.5, 0.6) is 5.75 Å². The number of ether oxygens (including phenoxy) is 1. The minimum Gasteiger partial charge on any atom is -0.496 e. The molecule has 6 nitrogen and oxygen atoms in total. The molecule has 36 heavy (non-hydrogen) atoms. The molecule has 0 aliphatic carbocycles. The van der Waals surface area contributed by atoms with Crippen molar-refractivity contribution < 1.29 is 19.1 Å². The molecular formula is C24H12BrCl5N2O4. The number of β-lactam (4-membered cyclic amide) rings is 1. The van der Waals surface area contributed by atoms with Gasteiger partial charge >= 0.3 is 0 Å². The molecule has 2 aliphatic rings. The van der Waals surface area contributed by atoms with Crippen LogP contribution in [0.3, 0.4) is 0 Å². The van der Waals surface area contributed by atoms with E-state index in [1.165, 1.54) is 12.0 Å². The van der Waals surface area contributed by atoms with Gasteiger partial charge in [-0.05, 0) is 42.5 Å². The van der Waals surface area contributed by atoms with Crippen LogP contribution in [0.15, 0.2) is 46.9 Å². The number of methoxy groups -OCH3 is 1. The Morgan fingerprint density at radius 3 is 1.83 bits per heavy atom. The number of nitrogens with zero attached hydrogens (tertiary/aromatic N) is 2. The molecule has 1 fully saturated rings. The van der Waals surface area contributed by atoms with E-state index in [0.717, 1.165) is 4.90 Å². The van der Waals surface area contributed by atoms with Crippen molar-refractivity contribution in [2.45, 2.75) is 12.1 Å². The van der Waals surface area contributed by atoms with Crippen LogP contribution in [0.1, 0.15) is 32.3 Å². The van der Waals surface area contributed by atoms with E-state index in [2.05, 4.69) is 15.9 Å². The maximum atomic E-state index is 13.6. The standard InChI is InChI=1S/C24H12BrCl5N2O4/c1-36-13-7-2-9(25)8-12(13)20-21(24(35)31(20)11-5-3-10(26)4-6-11)32-22(33)14-15(23(32)34)17(28)19(30)18(29)16(14)27/h2-8,20-21H,1H3/t20-,21-/m1/s1. The number of benzene rings is 3. The van der Waals surface area contributed by atoms with Gasteiger partial charge in [0.2, 0.25) is 0 Å². The second-order valence-electron chi connectivity index (χ2n) is 7.95. The summed E-state index contributed by atoms with van der Waals surface area (Å²) in [5.41, 5.74) is 0.695. The molecule has 5 rings (SSSR count). The molecule has 0 saturated carbocycles. The normalized spacial score (nSPS) is 19.0. The Hall–Kier alpha value is -2.00. The van der Waals surface area contributed by atoms with Gasteiger partial charge in [0.15, 0.2) is 0 Å². The quantitative estimate of drug-likeness (QED) is 0.127. The molecule has 3 aromatic carbocycles. The van der Waals surface area contributed by atoms with Crippen LogP contribution < -0.4 is 9.64 Å². The summed E-state index contributed by atoms with van der Waals surface area (Å²) in [5, 5.41) is -0.242. The zero-order chi connectivity index (χ0) is 26.0. The molecule has 0 N–H and O–H groups in total. The smallest absolute Gasteiger partial charge is 0.264 e. The molecular weight excluding hydrogens is 637 g/mol. The molecule has 0 radical (unpaired) electrons. The lowest BCUT2D eigenvalue weighted by Gasteiger charge is -2.50. The zero-order valence-corrected chi connectivity index (χ0v) is 23.4. The Kier molecular flexibility index (Phi) is 6.69. The monoisotopic (exact) mass is 646 g/mol. The topological polar surface area (TPSA) is 66.9 Å². The van der Waals surface area contributed by atoms with E-state index in [9.17, 15) is 14.4 Å². The Balaban J connectivity index is 1.67. The minimum atomic E-state index is -1.22. The SMILES string of the molecule is COc1ccc(Br)cc1[C@@H]1[C@@H](N2C(=O)c3c(Cl)c(Cl)c(Cl)c(Cl)c3C2=O)C(=O)N1c1ccc(Cl)cc1. The van der Waals surface area contributed by atoms with Crippen LogP contribution in [0, 0.1) is 0 Å². The first-order valence-electron chi connectivity index (χ1n) is 10.2. The molecule has 1 saturated heterocycles. The van der Waals surface area contributed by atoms with Gasteiger partial charge in [0, 0.05) is 20.7 Å². The molecule has 2 aliphatic heterocycles. The van der Waals surface area contributed by atoms with Gasteiger partial charge < -0.3 is 9.64 Å². The van der Waals surface area contributed by atoms with Crippen LogP contribution in [-0.4, -0.2) is 35.8 Å². The van der Waals surface area contributed by atoms with E-state index in [-0.39, 0.29) is 31.2 Å². The molecule has 0 unspecified atom stereocenters. The fourth-order valence-corrected chi connectivity index (χ4v) is 6.00. The number of anilines is 1. The summed E-state index contributed by atoms with van der Waals surface area (Å²) in [6.07, 6.45) is 0. The summed E-state index contributed by atoms with van der Waals surface area (Å²) in [4.78, 5) is 43.0. The van der Waals surface area contributed by atoms with Crippen molar-refractivity contribution in [3.05, 3.63) is 88.7 Å². The molecule has 3 amide bonds. The third kappa shape index (κ3) is 3.71. The molecule has 3 aromatic rings. The number of amides is 3. The lowest BCUT2D eigenvalue weighted by Crippen LogP contribution is -2.67. The first-order valence-corrected chi connectivity index (χ1v) is 12.9.